The molecule has 0 amide bonds. The summed E-state index contributed by atoms with van der Waals surface area (Å²) in [6.07, 6.45) is 0. The maximum absolute atomic E-state index is 5.35. The number of nitrogens with zero attached hydrogens (tertiary/aromatic N) is 1. The van der Waals surface area contributed by atoms with Crippen LogP contribution in [0.25, 0.3) is 0 Å². The third-order valence-corrected chi connectivity index (χ3v) is 2.60. The summed E-state index contributed by atoms with van der Waals surface area (Å²) in [7, 11) is 1.66. The second-order valence-electron chi connectivity index (χ2n) is 2.92. The van der Waals surface area contributed by atoms with Crippen molar-refractivity contribution in [2.24, 2.45) is 0 Å². The van der Waals surface area contributed by atoms with Crippen molar-refractivity contribution >= 4 is 15.9 Å². The zero-order chi connectivity index (χ0) is 10.4. The molecular formula is C10H14BrNO2. The summed E-state index contributed by atoms with van der Waals surface area (Å²) >= 11 is 3.40. The van der Waals surface area contributed by atoms with E-state index in [-0.39, 0.29) is 0 Å². The number of ether oxygens (including phenoxy) is 2. The quantitative estimate of drug-likeness (QED) is 0.761. The molecule has 14 heavy (non-hydrogen) atoms. The van der Waals surface area contributed by atoms with Crippen molar-refractivity contribution in [1.29, 1.82) is 0 Å². The Balaban J connectivity index is 2.39. The van der Waals surface area contributed by atoms with Crippen LogP contribution in [-0.2, 0) is 16.1 Å². The lowest BCUT2D eigenvalue weighted by molar-refractivity contribution is 0.0601. The van der Waals surface area contributed by atoms with Gasteiger partial charge in [-0.25, -0.2) is 0 Å². The number of hydrogen-bond acceptors (Lipinski definition) is 3. The molecule has 0 bridgehead atoms. The highest BCUT2D eigenvalue weighted by Crippen LogP contribution is 2.13. The second kappa shape index (κ2) is 6.11. The monoisotopic (exact) mass is 259 g/mol. The standard InChI is InChI=1S/C10H14BrNO2/c1-8-10(11)4-3-9(12-8)7-14-6-5-13-2/h3-4H,5-7H2,1-2H3. The van der Waals surface area contributed by atoms with E-state index >= 15 is 0 Å². The molecule has 78 valence electrons. The number of methoxy groups -OCH3 is 1. The van der Waals surface area contributed by atoms with Gasteiger partial charge in [-0.15, -0.1) is 0 Å². The van der Waals surface area contributed by atoms with Gasteiger partial charge in [0, 0.05) is 11.6 Å². The van der Waals surface area contributed by atoms with Gasteiger partial charge in [0.2, 0.25) is 0 Å². The molecule has 0 atom stereocenters. The molecule has 0 saturated carbocycles. The van der Waals surface area contributed by atoms with Crippen LogP contribution in [-0.4, -0.2) is 25.3 Å². The third kappa shape index (κ3) is 3.74. The van der Waals surface area contributed by atoms with E-state index in [1.807, 2.05) is 19.1 Å². The normalized spacial score (nSPS) is 10.5. The summed E-state index contributed by atoms with van der Waals surface area (Å²) in [6.45, 7) is 3.73. The molecule has 1 heterocycles. The van der Waals surface area contributed by atoms with Crippen molar-refractivity contribution < 1.29 is 9.47 Å². The molecule has 0 radical (unpaired) electrons. The summed E-state index contributed by atoms with van der Waals surface area (Å²) < 4.78 is 11.2. The predicted octanol–water partition coefficient (Wildman–Crippen LogP) is 2.32. The van der Waals surface area contributed by atoms with Gasteiger partial charge >= 0.3 is 0 Å². The lowest BCUT2D eigenvalue weighted by atomic mass is 10.3. The van der Waals surface area contributed by atoms with E-state index in [1.165, 1.54) is 0 Å². The highest BCUT2D eigenvalue weighted by Gasteiger charge is 1.98. The number of halogens is 1. The minimum Gasteiger partial charge on any atom is -0.382 e. The zero-order valence-electron chi connectivity index (χ0n) is 8.42. The molecule has 0 spiro atoms. The van der Waals surface area contributed by atoms with Gasteiger partial charge in [-0.1, -0.05) is 0 Å². The molecule has 0 aliphatic carbocycles. The summed E-state index contributed by atoms with van der Waals surface area (Å²) in [4.78, 5) is 4.36. The summed E-state index contributed by atoms with van der Waals surface area (Å²) in [5.74, 6) is 0. The average Bonchev–Trinajstić information content (AvgIpc) is 2.18. The number of aromatic nitrogens is 1. The van der Waals surface area contributed by atoms with E-state index in [9.17, 15) is 0 Å². The summed E-state index contributed by atoms with van der Waals surface area (Å²) in [5, 5.41) is 0. The number of aryl methyl sites for hydroxylation is 1. The molecular weight excluding hydrogens is 246 g/mol. The Hall–Kier alpha value is -0.450. The van der Waals surface area contributed by atoms with E-state index in [0.29, 0.717) is 19.8 Å². The topological polar surface area (TPSA) is 31.4 Å². The number of hydrogen-bond donors (Lipinski definition) is 0. The Morgan fingerprint density at radius 2 is 2.14 bits per heavy atom. The van der Waals surface area contributed by atoms with Crippen LogP contribution in [0.4, 0.5) is 0 Å². The molecule has 0 saturated heterocycles. The first kappa shape index (κ1) is 11.6. The lowest BCUT2D eigenvalue weighted by Gasteiger charge is -2.04. The molecule has 0 unspecified atom stereocenters. The van der Waals surface area contributed by atoms with Gasteiger partial charge in [-0.05, 0) is 35.0 Å². The number of pyridine rings is 1. The molecule has 0 aliphatic heterocycles. The summed E-state index contributed by atoms with van der Waals surface area (Å²) in [5.41, 5.74) is 1.93. The molecule has 0 fully saturated rings. The Kier molecular flexibility index (Phi) is 5.07. The van der Waals surface area contributed by atoms with Crippen molar-refractivity contribution in [3.8, 4) is 0 Å². The average molecular weight is 260 g/mol. The van der Waals surface area contributed by atoms with Crippen molar-refractivity contribution in [1.82, 2.24) is 4.98 Å². The largest absolute Gasteiger partial charge is 0.382 e. The van der Waals surface area contributed by atoms with Crippen LogP contribution in [0.15, 0.2) is 16.6 Å². The highest BCUT2D eigenvalue weighted by molar-refractivity contribution is 9.10. The van der Waals surface area contributed by atoms with Crippen molar-refractivity contribution in [2.75, 3.05) is 20.3 Å². The first-order chi connectivity index (χ1) is 6.74. The molecule has 1 aromatic rings. The highest BCUT2D eigenvalue weighted by atomic mass is 79.9. The fourth-order valence-corrected chi connectivity index (χ4v) is 1.22. The van der Waals surface area contributed by atoms with Crippen LogP contribution in [0.3, 0.4) is 0 Å². The fourth-order valence-electron chi connectivity index (χ4n) is 0.995. The Bertz CT molecular complexity index is 291. The minimum absolute atomic E-state index is 0.539. The van der Waals surface area contributed by atoms with E-state index in [1.54, 1.807) is 7.11 Å². The van der Waals surface area contributed by atoms with E-state index in [0.717, 1.165) is 15.9 Å². The van der Waals surface area contributed by atoms with Gasteiger partial charge in [-0.2, -0.15) is 0 Å². The van der Waals surface area contributed by atoms with Crippen LogP contribution in [0.2, 0.25) is 0 Å². The Labute approximate surface area is 92.6 Å². The van der Waals surface area contributed by atoms with Gasteiger partial charge in [0.1, 0.15) is 0 Å². The minimum atomic E-state index is 0.539. The second-order valence-corrected chi connectivity index (χ2v) is 3.77. The summed E-state index contributed by atoms with van der Waals surface area (Å²) in [6, 6.07) is 3.93. The van der Waals surface area contributed by atoms with Crippen LogP contribution in [0, 0.1) is 6.92 Å². The van der Waals surface area contributed by atoms with Crippen LogP contribution in [0.1, 0.15) is 11.4 Å². The van der Waals surface area contributed by atoms with Crippen LogP contribution >= 0.6 is 15.9 Å². The molecule has 0 aromatic carbocycles. The SMILES string of the molecule is COCCOCc1ccc(Br)c(C)n1. The van der Waals surface area contributed by atoms with Crippen LogP contribution < -0.4 is 0 Å². The Morgan fingerprint density at radius 1 is 1.36 bits per heavy atom. The Morgan fingerprint density at radius 3 is 2.79 bits per heavy atom. The predicted molar refractivity (Wildman–Crippen MR) is 58.2 cm³/mol. The van der Waals surface area contributed by atoms with Gasteiger partial charge < -0.3 is 9.47 Å². The van der Waals surface area contributed by atoms with Crippen molar-refractivity contribution in [3.05, 3.63) is 28.0 Å². The van der Waals surface area contributed by atoms with Gasteiger partial charge in [0.15, 0.2) is 0 Å². The number of rotatable bonds is 5. The van der Waals surface area contributed by atoms with Crippen molar-refractivity contribution in [3.63, 3.8) is 0 Å². The van der Waals surface area contributed by atoms with Crippen molar-refractivity contribution in [2.45, 2.75) is 13.5 Å². The fraction of sp³-hybridized carbons (Fsp3) is 0.500. The van der Waals surface area contributed by atoms with E-state index in [2.05, 4.69) is 20.9 Å². The van der Waals surface area contributed by atoms with E-state index in [4.69, 9.17) is 9.47 Å². The van der Waals surface area contributed by atoms with Gasteiger partial charge in [0.05, 0.1) is 31.2 Å². The molecule has 1 rings (SSSR count). The van der Waals surface area contributed by atoms with Crippen LogP contribution in [0.5, 0.6) is 0 Å². The van der Waals surface area contributed by atoms with E-state index < -0.39 is 0 Å². The first-order valence-electron chi connectivity index (χ1n) is 4.42. The molecule has 3 nitrogen and oxygen atoms in total. The third-order valence-electron chi connectivity index (χ3n) is 1.76. The smallest absolute Gasteiger partial charge is 0.0889 e. The molecule has 1 aromatic heterocycles. The maximum atomic E-state index is 5.35. The molecule has 0 aliphatic rings. The lowest BCUT2D eigenvalue weighted by Crippen LogP contribution is -2.03. The molecule has 0 N–H and O–H groups in total. The zero-order valence-corrected chi connectivity index (χ0v) is 10.0. The molecule has 4 heteroatoms. The maximum Gasteiger partial charge on any atom is 0.0889 e. The first-order valence-corrected chi connectivity index (χ1v) is 5.22. The van der Waals surface area contributed by atoms with Gasteiger partial charge in [0.25, 0.3) is 0 Å². The van der Waals surface area contributed by atoms with Gasteiger partial charge in [-0.3, -0.25) is 4.98 Å².